The van der Waals surface area contributed by atoms with Gasteiger partial charge in [-0.2, -0.15) is 0 Å². The maximum atomic E-state index is 7.16. The average Bonchev–Trinajstić information content (AvgIpc) is 2.84. The Bertz CT molecular complexity index is 789. The van der Waals surface area contributed by atoms with Gasteiger partial charge in [0.15, 0.2) is 0 Å². The van der Waals surface area contributed by atoms with Crippen molar-refractivity contribution in [3.8, 4) is 11.5 Å². The van der Waals surface area contributed by atoms with Crippen LogP contribution in [0.3, 0.4) is 0 Å². The Morgan fingerprint density at radius 3 is 1.29 bits per heavy atom. The van der Waals surface area contributed by atoms with Gasteiger partial charge >= 0.3 is 223 Å². The van der Waals surface area contributed by atoms with Crippen molar-refractivity contribution >= 4 is 19.2 Å². The number of unbranched alkanes of at least 4 members (excludes halogenated alkanes) is 10. The molecule has 0 aliphatic carbocycles. The molecule has 3 heteroatoms. The van der Waals surface area contributed by atoms with Gasteiger partial charge in [-0.25, -0.2) is 0 Å². The third-order valence-corrected chi connectivity index (χ3v) is 17.3. The van der Waals surface area contributed by atoms with E-state index in [2.05, 4.69) is 77.9 Å². The predicted molar refractivity (Wildman–Crippen MR) is 155 cm³/mol. The van der Waals surface area contributed by atoms with E-state index in [0.29, 0.717) is 0 Å². The summed E-state index contributed by atoms with van der Waals surface area (Å²) in [6.07, 6.45) is 15.7. The second kappa shape index (κ2) is 16.6. The zero-order valence-corrected chi connectivity index (χ0v) is 26.5. The molecule has 2 nitrogen and oxygen atoms in total. The van der Waals surface area contributed by atoms with Crippen LogP contribution in [0, 0.1) is 27.7 Å². The van der Waals surface area contributed by atoms with Crippen LogP contribution in [0.4, 0.5) is 0 Å². The molecule has 0 fully saturated rings. The summed E-state index contributed by atoms with van der Waals surface area (Å²) in [5, 5.41) is 0. The molecule has 0 spiro atoms. The van der Waals surface area contributed by atoms with Crippen LogP contribution in [0.25, 0.3) is 0 Å². The molecule has 2 aromatic carbocycles. The minimum atomic E-state index is -3.49. The minimum absolute atomic E-state index is 1.06. The van der Waals surface area contributed by atoms with Crippen LogP contribution in [0.15, 0.2) is 36.4 Å². The van der Waals surface area contributed by atoms with Crippen LogP contribution in [0.2, 0.25) is 8.87 Å². The fraction of sp³-hybridized carbons (Fsp3) is 0.625. The Morgan fingerprint density at radius 2 is 0.886 bits per heavy atom. The van der Waals surface area contributed by atoms with E-state index in [4.69, 9.17) is 6.15 Å². The molecule has 0 atom stereocenters. The summed E-state index contributed by atoms with van der Waals surface area (Å²) in [5.74, 6) is 2.12. The monoisotopic (exact) mass is 588 g/mol. The predicted octanol–water partition coefficient (Wildman–Crippen LogP) is 10.5. The zero-order chi connectivity index (χ0) is 25.5. The first-order chi connectivity index (χ1) is 16.9. The van der Waals surface area contributed by atoms with Crippen LogP contribution in [0.1, 0.15) is 113 Å². The van der Waals surface area contributed by atoms with E-state index in [1.165, 1.54) is 99.3 Å². The maximum absolute atomic E-state index is 7.16. The van der Waals surface area contributed by atoms with Crippen LogP contribution in [0.5, 0.6) is 11.5 Å². The SMILES string of the molecule is CCCCCCC[CH2][Sn]([CH2]CCCCCCC)([O]c1cccc(C)c1C)[O]c1cccc(C)c1C. The van der Waals surface area contributed by atoms with E-state index >= 15 is 0 Å². The molecule has 0 aliphatic heterocycles. The summed E-state index contributed by atoms with van der Waals surface area (Å²) in [6, 6.07) is 13.0. The molecule has 0 radical (unpaired) electrons. The van der Waals surface area contributed by atoms with Crippen molar-refractivity contribution in [1.82, 2.24) is 0 Å². The van der Waals surface area contributed by atoms with E-state index in [9.17, 15) is 0 Å². The molecule has 35 heavy (non-hydrogen) atoms. The van der Waals surface area contributed by atoms with Gasteiger partial charge in [-0.05, 0) is 0 Å². The third-order valence-electron chi connectivity index (χ3n) is 7.52. The molecular formula is C32H52O2Sn. The molecule has 0 N–H and O–H groups in total. The zero-order valence-electron chi connectivity index (χ0n) is 23.7. The fourth-order valence-electron chi connectivity index (χ4n) is 4.77. The van der Waals surface area contributed by atoms with Gasteiger partial charge in [-0.1, -0.05) is 0 Å². The molecule has 0 bridgehead atoms. The molecule has 0 aromatic heterocycles. The van der Waals surface area contributed by atoms with E-state index in [-0.39, 0.29) is 0 Å². The van der Waals surface area contributed by atoms with Crippen molar-refractivity contribution in [3.63, 3.8) is 0 Å². The Kier molecular flexibility index (Phi) is 14.2. The van der Waals surface area contributed by atoms with Crippen molar-refractivity contribution in [2.45, 2.75) is 127 Å². The molecule has 2 aromatic rings. The first-order valence-corrected chi connectivity index (χ1v) is 20.8. The summed E-state index contributed by atoms with van der Waals surface area (Å²) < 4.78 is 16.6. The molecule has 0 saturated carbocycles. The second-order valence-corrected chi connectivity index (χ2v) is 19.8. The normalized spacial score (nSPS) is 11.6. The Hall–Kier alpha value is -1.16. The summed E-state index contributed by atoms with van der Waals surface area (Å²) in [6.45, 7) is 13.4. The fourth-order valence-corrected chi connectivity index (χ4v) is 14.8. The summed E-state index contributed by atoms with van der Waals surface area (Å²) in [7, 11) is 0. The number of hydrogen-bond acceptors (Lipinski definition) is 2. The second-order valence-electron chi connectivity index (χ2n) is 10.5. The third kappa shape index (κ3) is 10.4. The number of hydrogen-bond donors (Lipinski definition) is 0. The summed E-state index contributed by atoms with van der Waals surface area (Å²) >= 11 is -3.49. The molecule has 2 rings (SSSR count). The van der Waals surface area contributed by atoms with Gasteiger partial charge < -0.3 is 0 Å². The molecule has 0 unspecified atom stereocenters. The number of benzene rings is 2. The van der Waals surface area contributed by atoms with Crippen molar-refractivity contribution in [2.24, 2.45) is 0 Å². The van der Waals surface area contributed by atoms with Crippen molar-refractivity contribution < 1.29 is 6.15 Å². The quantitative estimate of drug-likeness (QED) is 0.128. The van der Waals surface area contributed by atoms with E-state index in [0.717, 1.165) is 20.4 Å². The van der Waals surface area contributed by atoms with E-state index in [1.54, 1.807) is 0 Å². The summed E-state index contributed by atoms with van der Waals surface area (Å²) in [5.41, 5.74) is 5.13. The Morgan fingerprint density at radius 1 is 0.514 bits per heavy atom. The molecule has 0 saturated heterocycles. The Balaban J connectivity index is 2.29. The van der Waals surface area contributed by atoms with Crippen LogP contribution < -0.4 is 6.15 Å². The first-order valence-electron chi connectivity index (χ1n) is 14.4. The first kappa shape index (κ1) is 30.1. The van der Waals surface area contributed by atoms with Gasteiger partial charge in [0.25, 0.3) is 0 Å². The number of aryl methyl sites for hydroxylation is 2. The number of rotatable bonds is 18. The Labute approximate surface area is 222 Å². The topological polar surface area (TPSA) is 18.5 Å². The average molecular weight is 587 g/mol. The molecule has 0 aliphatic rings. The van der Waals surface area contributed by atoms with Crippen molar-refractivity contribution in [3.05, 3.63) is 58.7 Å². The van der Waals surface area contributed by atoms with Crippen molar-refractivity contribution in [2.75, 3.05) is 0 Å². The molecular weight excluding hydrogens is 535 g/mol. The molecule has 196 valence electrons. The van der Waals surface area contributed by atoms with Gasteiger partial charge in [0.05, 0.1) is 0 Å². The van der Waals surface area contributed by atoms with Crippen LogP contribution in [-0.4, -0.2) is 19.2 Å². The standard InChI is InChI=1S/2C8H10O.2C8H17.Sn/c2*1-6-4-3-5-8(9)7(6)2;2*1-3-5-7-8-6-4-2;/h2*3-5,9H,1-2H3;2*1,3-8H2,2H3;/q;;;;+2/p-2. The molecule has 0 heterocycles. The van der Waals surface area contributed by atoms with Gasteiger partial charge in [-0.3, -0.25) is 0 Å². The van der Waals surface area contributed by atoms with E-state index < -0.39 is 19.2 Å². The summed E-state index contributed by atoms with van der Waals surface area (Å²) in [4.78, 5) is 0. The van der Waals surface area contributed by atoms with Gasteiger partial charge in [-0.15, -0.1) is 0 Å². The van der Waals surface area contributed by atoms with Gasteiger partial charge in [0, 0.05) is 0 Å². The van der Waals surface area contributed by atoms with Crippen molar-refractivity contribution in [1.29, 1.82) is 0 Å². The van der Waals surface area contributed by atoms with Gasteiger partial charge in [0.2, 0.25) is 0 Å². The van der Waals surface area contributed by atoms with Crippen LogP contribution in [-0.2, 0) is 0 Å². The molecule has 0 amide bonds. The van der Waals surface area contributed by atoms with E-state index in [1.807, 2.05) is 0 Å². The van der Waals surface area contributed by atoms with Gasteiger partial charge in [0.1, 0.15) is 0 Å². The van der Waals surface area contributed by atoms with Crippen LogP contribution >= 0.6 is 0 Å².